The van der Waals surface area contributed by atoms with Crippen LogP contribution in [0.3, 0.4) is 0 Å². The van der Waals surface area contributed by atoms with Crippen LogP contribution in [0.25, 0.3) is 0 Å². The Morgan fingerprint density at radius 2 is 1.66 bits per heavy atom. The predicted molar refractivity (Wildman–Crippen MR) is 105 cm³/mol. The molecule has 0 saturated carbocycles. The maximum Gasteiger partial charge on any atom is 0.409 e. The van der Waals surface area contributed by atoms with Gasteiger partial charge in [0.15, 0.2) is 5.78 Å². The number of ether oxygens (including phenoxy) is 2. The molecule has 1 aromatic rings. The van der Waals surface area contributed by atoms with Crippen molar-refractivity contribution in [3.8, 4) is 0 Å². The van der Waals surface area contributed by atoms with Crippen molar-refractivity contribution < 1.29 is 28.7 Å². The van der Waals surface area contributed by atoms with E-state index in [0.717, 1.165) is 0 Å². The van der Waals surface area contributed by atoms with Crippen LogP contribution in [0.1, 0.15) is 52.9 Å². The van der Waals surface area contributed by atoms with Gasteiger partial charge in [-0.1, -0.05) is 13.8 Å². The largest absolute Gasteiger partial charge is 0.465 e. The molecule has 0 spiro atoms. The number of amides is 2. The van der Waals surface area contributed by atoms with Crippen LogP contribution in [0, 0.1) is 12.8 Å². The van der Waals surface area contributed by atoms with Gasteiger partial charge >= 0.3 is 12.1 Å². The van der Waals surface area contributed by atoms with E-state index in [9.17, 15) is 19.2 Å². The van der Waals surface area contributed by atoms with Gasteiger partial charge in [-0.05, 0) is 18.4 Å². The minimum atomic E-state index is -0.591. The first kappa shape index (κ1) is 22.4. The van der Waals surface area contributed by atoms with E-state index in [1.54, 1.807) is 16.7 Å². The van der Waals surface area contributed by atoms with E-state index in [0.29, 0.717) is 49.7 Å². The fraction of sp³-hybridized carbons (Fsp3) is 0.600. The van der Waals surface area contributed by atoms with Crippen molar-refractivity contribution >= 4 is 23.8 Å². The number of methoxy groups -OCH3 is 1. The zero-order chi connectivity index (χ0) is 21.7. The fourth-order valence-electron chi connectivity index (χ4n) is 3.25. The molecular weight excluding hydrogens is 378 g/mol. The van der Waals surface area contributed by atoms with Crippen molar-refractivity contribution in [2.24, 2.45) is 5.92 Å². The maximum absolute atomic E-state index is 12.7. The molecular formula is C20H29N3O6. The van der Waals surface area contributed by atoms with E-state index in [4.69, 9.17) is 9.47 Å². The number of esters is 1. The van der Waals surface area contributed by atoms with Crippen LogP contribution in [0.4, 0.5) is 4.79 Å². The van der Waals surface area contributed by atoms with E-state index >= 15 is 0 Å². The SMILES string of the molecule is COC(=O)c1c(CC(=O)N2CCN(C(=O)OCC(C)C)CC2)[nH]c(C(C)=O)c1C. The Bertz CT molecular complexity index is 790. The Morgan fingerprint density at radius 3 is 2.17 bits per heavy atom. The molecule has 0 unspecified atom stereocenters. The molecule has 1 saturated heterocycles. The van der Waals surface area contributed by atoms with Crippen LogP contribution in [0.5, 0.6) is 0 Å². The molecule has 2 amide bonds. The second-order valence-electron chi connectivity index (χ2n) is 7.54. The lowest BCUT2D eigenvalue weighted by atomic mass is 10.1. The zero-order valence-electron chi connectivity index (χ0n) is 17.7. The number of hydrogen-bond acceptors (Lipinski definition) is 6. The highest BCUT2D eigenvalue weighted by Crippen LogP contribution is 2.21. The van der Waals surface area contributed by atoms with Crippen LogP contribution >= 0.6 is 0 Å². The number of aromatic amines is 1. The normalized spacial score (nSPS) is 14.1. The van der Waals surface area contributed by atoms with E-state index in [-0.39, 0.29) is 35.7 Å². The first-order valence-corrected chi connectivity index (χ1v) is 9.65. The Balaban J connectivity index is 2.03. The topological polar surface area (TPSA) is 109 Å². The van der Waals surface area contributed by atoms with Crippen molar-refractivity contribution in [1.29, 1.82) is 0 Å². The van der Waals surface area contributed by atoms with Gasteiger partial charge in [-0.15, -0.1) is 0 Å². The molecule has 0 radical (unpaired) electrons. The highest BCUT2D eigenvalue weighted by molar-refractivity contribution is 6.01. The van der Waals surface area contributed by atoms with Crippen LogP contribution in [0.2, 0.25) is 0 Å². The zero-order valence-corrected chi connectivity index (χ0v) is 17.7. The summed E-state index contributed by atoms with van der Waals surface area (Å²) >= 11 is 0. The van der Waals surface area contributed by atoms with E-state index < -0.39 is 5.97 Å². The second kappa shape index (κ2) is 9.58. The van der Waals surface area contributed by atoms with Crippen molar-refractivity contribution in [2.45, 2.75) is 34.1 Å². The number of hydrogen-bond donors (Lipinski definition) is 1. The fourth-order valence-corrected chi connectivity index (χ4v) is 3.25. The third kappa shape index (κ3) is 5.36. The number of nitrogens with zero attached hydrogens (tertiary/aromatic N) is 2. The molecule has 1 aromatic heterocycles. The van der Waals surface area contributed by atoms with Crippen LogP contribution < -0.4 is 0 Å². The average molecular weight is 407 g/mol. The molecule has 0 aromatic carbocycles. The second-order valence-corrected chi connectivity index (χ2v) is 7.54. The molecule has 1 aliphatic rings. The minimum absolute atomic E-state index is 0.0592. The van der Waals surface area contributed by atoms with E-state index in [1.807, 2.05) is 13.8 Å². The highest BCUT2D eigenvalue weighted by atomic mass is 16.6. The molecule has 0 atom stereocenters. The van der Waals surface area contributed by atoms with Gasteiger partial charge in [0, 0.05) is 38.8 Å². The molecule has 0 bridgehead atoms. The van der Waals surface area contributed by atoms with Crippen LogP contribution in [-0.2, 0) is 20.7 Å². The number of ketones is 1. The van der Waals surface area contributed by atoms with Gasteiger partial charge in [0.25, 0.3) is 0 Å². The average Bonchev–Trinajstić information content (AvgIpc) is 3.01. The van der Waals surface area contributed by atoms with Gasteiger partial charge in [-0.25, -0.2) is 9.59 Å². The maximum atomic E-state index is 12.7. The van der Waals surface area contributed by atoms with Gasteiger partial charge < -0.3 is 24.3 Å². The van der Waals surface area contributed by atoms with Gasteiger partial charge in [0.1, 0.15) is 0 Å². The molecule has 9 nitrogen and oxygen atoms in total. The smallest absolute Gasteiger partial charge is 0.409 e. The number of Topliss-reactive ketones (excluding diaryl/α,β-unsaturated/α-hetero) is 1. The number of carbonyl (C=O) groups excluding carboxylic acids is 4. The lowest BCUT2D eigenvalue weighted by Crippen LogP contribution is -2.51. The highest BCUT2D eigenvalue weighted by Gasteiger charge is 2.28. The number of aromatic nitrogens is 1. The van der Waals surface area contributed by atoms with E-state index in [1.165, 1.54) is 14.0 Å². The number of nitrogens with one attached hydrogen (secondary N) is 1. The lowest BCUT2D eigenvalue weighted by Gasteiger charge is -2.34. The number of H-pyrrole nitrogens is 1. The molecule has 2 rings (SSSR count). The van der Waals surface area contributed by atoms with Crippen molar-refractivity contribution in [1.82, 2.24) is 14.8 Å². The summed E-state index contributed by atoms with van der Waals surface area (Å²) in [5, 5.41) is 0. The molecule has 29 heavy (non-hydrogen) atoms. The third-order valence-corrected chi connectivity index (χ3v) is 4.83. The van der Waals surface area contributed by atoms with Gasteiger partial charge in [0.2, 0.25) is 5.91 Å². The number of piperazine rings is 1. The monoisotopic (exact) mass is 407 g/mol. The summed E-state index contributed by atoms with van der Waals surface area (Å²) in [6.45, 7) is 8.85. The molecule has 1 aliphatic heterocycles. The summed E-state index contributed by atoms with van der Waals surface area (Å²) in [5.41, 5.74) is 1.36. The number of rotatable bonds is 6. The van der Waals surface area contributed by atoms with E-state index in [2.05, 4.69) is 4.98 Å². The third-order valence-electron chi connectivity index (χ3n) is 4.83. The van der Waals surface area contributed by atoms with Crippen molar-refractivity contribution in [2.75, 3.05) is 39.9 Å². The lowest BCUT2D eigenvalue weighted by molar-refractivity contribution is -0.132. The van der Waals surface area contributed by atoms with Crippen molar-refractivity contribution in [3.05, 3.63) is 22.5 Å². The van der Waals surface area contributed by atoms with Crippen LogP contribution in [0.15, 0.2) is 0 Å². The molecule has 9 heteroatoms. The summed E-state index contributed by atoms with van der Waals surface area (Å²) in [4.78, 5) is 54.8. The summed E-state index contributed by atoms with van der Waals surface area (Å²) in [7, 11) is 1.26. The molecule has 1 N–H and O–H groups in total. The Labute approximate surface area is 170 Å². The van der Waals surface area contributed by atoms with Gasteiger partial charge in [-0.3, -0.25) is 9.59 Å². The molecule has 0 aliphatic carbocycles. The number of carbonyl (C=O) groups is 4. The first-order chi connectivity index (χ1) is 13.6. The standard InChI is InChI=1S/C20H29N3O6/c1-12(2)11-29-20(27)23-8-6-22(7-9-23)16(25)10-15-17(19(26)28-5)13(3)18(21-15)14(4)24/h12,21H,6-11H2,1-5H3. The summed E-state index contributed by atoms with van der Waals surface area (Å²) in [5.74, 6) is -0.747. The predicted octanol–water partition coefficient (Wildman–Crippen LogP) is 1.79. The quantitative estimate of drug-likeness (QED) is 0.569. The molecule has 1 fully saturated rings. The molecule has 2 heterocycles. The van der Waals surface area contributed by atoms with Gasteiger partial charge in [-0.2, -0.15) is 0 Å². The van der Waals surface area contributed by atoms with Crippen LogP contribution in [-0.4, -0.2) is 78.4 Å². The Hall–Kier alpha value is -2.84. The first-order valence-electron chi connectivity index (χ1n) is 9.65. The molecule has 160 valence electrons. The summed E-state index contributed by atoms with van der Waals surface area (Å²) in [6.07, 6.45) is -0.430. The summed E-state index contributed by atoms with van der Waals surface area (Å²) in [6, 6.07) is 0. The minimum Gasteiger partial charge on any atom is -0.465 e. The Morgan fingerprint density at radius 1 is 1.07 bits per heavy atom. The summed E-state index contributed by atoms with van der Waals surface area (Å²) < 4.78 is 10.0. The van der Waals surface area contributed by atoms with Crippen molar-refractivity contribution in [3.63, 3.8) is 0 Å². The Kier molecular flexibility index (Phi) is 7.41. The van der Waals surface area contributed by atoms with Gasteiger partial charge in [0.05, 0.1) is 31.4 Å².